The van der Waals surface area contributed by atoms with Gasteiger partial charge < -0.3 is 10.0 Å². The Morgan fingerprint density at radius 3 is 2.46 bits per heavy atom. The second-order valence-corrected chi connectivity index (χ2v) is 6.87. The Morgan fingerprint density at radius 2 is 1.75 bits per heavy atom. The molecular formula is C21H21N5O2. The van der Waals surface area contributed by atoms with Gasteiger partial charge in [0.1, 0.15) is 18.1 Å². The van der Waals surface area contributed by atoms with Crippen molar-refractivity contribution in [2.24, 2.45) is 0 Å². The Morgan fingerprint density at radius 1 is 1.04 bits per heavy atom. The summed E-state index contributed by atoms with van der Waals surface area (Å²) in [5.41, 5.74) is 1.59. The van der Waals surface area contributed by atoms with Crippen LogP contribution in [-0.2, 0) is 13.1 Å². The predicted octanol–water partition coefficient (Wildman–Crippen LogP) is 1.95. The van der Waals surface area contributed by atoms with E-state index in [9.17, 15) is 9.90 Å². The van der Waals surface area contributed by atoms with E-state index >= 15 is 0 Å². The molecule has 3 aromatic rings. The van der Waals surface area contributed by atoms with Gasteiger partial charge >= 0.3 is 0 Å². The van der Waals surface area contributed by atoms with Gasteiger partial charge in [0.15, 0.2) is 0 Å². The summed E-state index contributed by atoms with van der Waals surface area (Å²) in [6, 6.07) is 16.6. The Hall–Kier alpha value is -3.37. The number of aromatic hydroxyl groups is 1. The number of nitrogens with zero attached hydrogens (tertiary/aromatic N) is 5. The highest BCUT2D eigenvalue weighted by molar-refractivity contribution is 5.77. The first-order valence-electron chi connectivity index (χ1n) is 9.27. The third kappa shape index (κ3) is 3.55. The van der Waals surface area contributed by atoms with Crippen LogP contribution in [0.5, 0.6) is 5.75 Å². The summed E-state index contributed by atoms with van der Waals surface area (Å²) in [5.74, 6) is 0.892. The van der Waals surface area contributed by atoms with Gasteiger partial charge in [-0.1, -0.05) is 12.1 Å². The van der Waals surface area contributed by atoms with E-state index in [1.54, 1.807) is 18.2 Å². The van der Waals surface area contributed by atoms with Gasteiger partial charge in [0.2, 0.25) is 0 Å². The lowest BCUT2D eigenvalue weighted by molar-refractivity contribution is 0.240. The van der Waals surface area contributed by atoms with E-state index in [0.29, 0.717) is 23.3 Å². The molecule has 0 aliphatic carbocycles. The molecule has 1 N–H and O–H groups in total. The normalized spacial score (nSPS) is 14.9. The van der Waals surface area contributed by atoms with Crippen LogP contribution in [0.15, 0.2) is 53.3 Å². The predicted molar refractivity (Wildman–Crippen MR) is 107 cm³/mol. The fourth-order valence-corrected chi connectivity index (χ4v) is 3.60. The van der Waals surface area contributed by atoms with Gasteiger partial charge in [-0.05, 0) is 36.4 Å². The maximum absolute atomic E-state index is 12.8. The van der Waals surface area contributed by atoms with Crippen molar-refractivity contribution in [2.75, 3.05) is 31.1 Å². The molecule has 1 saturated heterocycles. The fraction of sp³-hybridized carbons (Fsp3) is 0.286. The van der Waals surface area contributed by atoms with E-state index in [-0.39, 0.29) is 17.9 Å². The quantitative estimate of drug-likeness (QED) is 0.750. The molecule has 7 heteroatoms. The molecule has 0 atom stereocenters. The molecule has 2 aromatic carbocycles. The number of hydrogen-bond donors (Lipinski definition) is 1. The number of benzene rings is 2. The van der Waals surface area contributed by atoms with Gasteiger partial charge in [0.05, 0.1) is 23.5 Å². The van der Waals surface area contributed by atoms with Crippen LogP contribution in [0.25, 0.3) is 10.9 Å². The van der Waals surface area contributed by atoms with Crippen LogP contribution in [0.3, 0.4) is 0 Å². The lowest BCUT2D eigenvalue weighted by Crippen LogP contribution is -2.46. The molecule has 1 aromatic heterocycles. The molecule has 28 heavy (non-hydrogen) atoms. The van der Waals surface area contributed by atoms with E-state index in [0.717, 1.165) is 31.9 Å². The van der Waals surface area contributed by atoms with Gasteiger partial charge in [0, 0.05) is 31.9 Å². The zero-order valence-electron chi connectivity index (χ0n) is 15.5. The van der Waals surface area contributed by atoms with E-state index in [1.165, 1.54) is 4.57 Å². The van der Waals surface area contributed by atoms with E-state index in [4.69, 9.17) is 5.26 Å². The van der Waals surface area contributed by atoms with Crippen LogP contribution < -0.4 is 10.5 Å². The Bertz CT molecular complexity index is 1080. The number of aromatic nitrogens is 2. The minimum atomic E-state index is -0.162. The molecule has 0 spiro atoms. The number of fused-ring (bicyclic) bond motifs is 1. The third-order valence-electron chi connectivity index (χ3n) is 5.12. The van der Waals surface area contributed by atoms with Gasteiger partial charge in [-0.2, -0.15) is 5.26 Å². The van der Waals surface area contributed by atoms with Gasteiger partial charge in [0.25, 0.3) is 5.56 Å². The van der Waals surface area contributed by atoms with Crippen molar-refractivity contribution in [1.29, 1.82) is 5.26 Å². The summed E-state index contributed by atoms with van der Waals surface area (Å²) in [4.78, 5) is 22.0. The molecule has 1 fully saturated rings. The van der Waals surface area contributed by atoms with Crippen molar-refractivity contribution < 1.29 is 5.11 Å². The maximum atomic E-state index is 12.8. The highest BCUT2D eigenvalue weighted by Gasteiger charge is 2.20. The van der Waals surface area contributed by atoms with E-state index in [1.807, 2.05) is 30.3 Å². The number of para-hydroxylation sites is 1. The minimum Gasteiger partial charge on any atom is -0.508 e. The number of phenolic OH excluding ortho intramolecular Hbond substituents is 1. The van der Waals surface area contributed by atoms with Crippen LogP contribution in [0.1, 0.15) is 5.82 Å². The summed E-state index contributed by atoms with van der Waals surface area (Å²) in [5, 5.41) is 19.1. The lowest BCUT2D eigenvalue weighted by Gasteiger charge is -2.36. The van der Waals surface area contributed by atoms with Gasteiger partial charge in [-0.3, -0.25) is 14.3 Å². The number of anilines is 1. The monoisotopic (exact) mass is 375 g/mol. The van der Waals surface area contributed by atoms with Crippen molar-refractivity contribution in [3.8, 4) is 11.8 Å². The van der Waals surface area contributed by atoms with Gasteiger partial charge in [-0.25, -0.2) is 4.98 Å². The molecule has 1 aliphatic heterocycles. The SMILES string of the molecule is N#CCn1c(CN2CCN(c3ccc(O)cc3)CC2)nc2ccccc2c1=O. The van der Waals surface area contributed by atoms with E-state index in [2.05, 4.69) is 20.9 Å². The van der Waals surface area contributed by atoms with Crippen LogP contribution in [0, 0.1) is 11.3 Å². The molecule has 0 radical (unpaired) electrons. The zero-order valence-corrected chi connectivity index (χ0v) is 15.5. The average Bonchev–Trinajstić information content (AvgIpc) is 2.72. The van der Waals surface area contributed by atoms with Crippen LogP contribution in [0.2, 0.25) is 0 Å². The fourth-order valence-electron chi connectivity index (χ4n) is 3.60. The molecule has 0 amide bonds. The summed E-state index contributed by atoms with van der Waals surface area (Å²) in [7, 11) is 0. The second-order valence-electron chi connectivity index (χ2n) is 6.87. The molecule has 7 nitrogen and oxygen atoms in total. The molecule has 142 valence electrons. The minimum absolute atomic E-state index is 0.000521. The first kappa shape index (κ1) is 18.0. The summed E-state index contributed by atoms with van der Waals surface area (Å²) in [6.45, 7) is 3.89. The molecular weight excluding hydrogens is 354 g/mol. The molecule has 1 aliphatic rings. The molecule has 2 heterocycles. The number of hydrogen-bond acceptors (Lipinski definition) is 6. The highest BCUT2D eigenvalue weighted by Crippen LogP contribution is 2.20. The summed E-state index contributed by atoms with van der Waals surface area (Å²) >= 11 is 0. The molecule has 0 bridgehead atoms. The van der Waals surface area contributed by atoms with Crippen LogP contribution >= 0.6 is 0 Å². The maximum Gasteiger partial charge on any atom is 0.262 e. The smallest absolute Gasteiger partial charge is 0.262 e. The second kappa shape index (κ2) is 7.71. The largest absolute Gasteiger partial charge is 0.508 e. The first-order chi connectivity index (χ1) is 13.7. The number of phenols is 1. The van der Waals surface area contributed by atoms with E-state index < -0.39 is 0 Å². The highest BCUT2D eigenvalue weighted by atomic mass is 16.3. The Kier molecular flexibility index (Phi) is 4.96. The third-order valence-corrected chi connectivity index (χ3v) is 5.12. The average molecular weight is 375 g/mol. The summed E-state index contributed by atoms with van der Waals surface area (Å²) in [6.07, 6.45) is 0. The standard InChI is InChI=1S/C21H21N5O2/c22-9-10-26-20(23-19-4-2-1-3-18(19)21(26)28)15-24-11-13-25(14-12-24)16-5-7-17(27)8-6-16/h1-8,27H,10-15H2. The van der Waals surface area contributed by atoms with Gasteiger partial charge in [-0.15, -0.1) is 0 Å². The Labute approximate surface area is 162 Å². The van der Waals surface area contributed by atoms with Crippen molar-refractivity contribution in [1.82, 2.24) is 14.5 Å². The molecule has 0 unspecified atom stereocenters. The summed E-state index contributed by atoms with van der Waals surface area (Å²) < 4.78 is 1.48. The first-order valence-corrected chi connectivity index (χ1v) is 9.27. The van der Waals surface area contributed by atoms with Crippen molar-refractivity contribution >= 4 is 16.6 Å². The van der Waals surface area contributed by atoms with Crippen molar-refractivity contribution in [3.05, 3.63) is 64.7 Å². The van der Waals surface area contributed by atoms with Crippen molar-refractivity contribution in [3.63, 3.8) is 0 Å². The lowest BCUT2D eigenvalue weighted by atomic mass is 10.2. The number of rotatable bonds is 4. The topological polar surface area (TPSA) is 85.4 Å². The molecule has 4 rings (SSSR count). The zero-order chi connectivity index (χ0) is 19.5. The van der Waals surface area contributed by atoms with Crippen LogP contribution in [-0.4, -0.2) is 45.7 Å². The molecule has 0 saturated carbocycles. The number of piperazine rings is 1. The van der Waals surface area contributed by atoms with Crippen LogP contribution in [0.4, 0.5) is 5.69 Å². The Balaban J connectivity index is 1.53. The number of nitriles is 1. The van der Waals surface area contributed by atoms with Crippen molar-refractivity contribution in [2.45, 2.75) is 13.1 Å².